The van der Waals surface area contributed by atoms with E-state index < -0.39 is 0 Å². The number of allylic oxidation sites excluding steroid dienone is 1. The largest absolute Gasteiger partial charge is 0.504 e. The first-order valence-corrected chi connectivity index (χ1v) is 4.46. The van der Waals surface area contributed by atoms with Crippen LogP contribution < -0.4 is 4.74 Å². The average Bonchev–Trinajstić information content (AvgIpc) is 2.52. The molecule has 0 amide bonds. The van der Waals surface area contributed by atoms with Gasteiger partial charge in [-0.3, -0.25) is 0 Å². The molecule has 0 fully saturated rings. The number of fused-ring (bicyclic) bond motifs is 1. The molecule has 0 saturated carbocycles. The molecule has 1 aromatic rings. The number of aromatic hydroxyl groups is 1. The van der Waals surface area contributed by atoms with E-state index >= 15 is 0 Å². The monoisotopic (exact) mass is 176 g/mol. The Kier molecular flexibility index (Phi) is 1.97. The number of ether oxygens (including phenoxy) is 1. The second-order valence-corrected chi connectivity index (χ2v) is 3.06. The maximum atomic E-state index is 9.55. The van der Waals surface area contributed by atoms with Gasteiger partial charge < -0.3 is 9.84 Å². The maximum Gasteiger partial charge on any atom is 0.161 e. The zero-order chi connectivity index (χ0) is 9.26. The molecule has 1 aliphatic rings. The molecule has 2 rings (SSSR count). The Bertz CT molecular complexity index is 353. The highest BCUT2D eigenvalue weighted by Gasteiger charge is 2.10. The van der Waals surface area contributed by atoms with Crippen molar-refractivity contribution in [2.24, 2.45) is 0 Å². The van der Waals surface area contributed by atoms with E-state index in [0.717, 1.165) is 12.0 Å². The molecule has 0 spiro atoms. The summed E-state index contributed by atoms with van der Waals surface area (Å²) in [6.07, 6.45) is 5.04. The lowest BCUT2D eigenvalue weighted by Gasteiger charge is -2.07. The summed E-state index contributed by atoms with van der Waals surface area (Å²) < 4.78 is 5.28. The van der Waals surface area contributed by atoms with Gasteiger partial charge in [-0.25, -0.2) is 0 Å². The highest BCUT2D eigenvalue weighted by Crippen LogP contribution is 2.33. The third kappa shape index (κ3) is 1.39. The molecule has 0 aliphatic heterocycles. The third-order valence-corrected chi connectivity index (χ3v) is 2.16. The van der Waals surface area contributed by atoms with E-state index in [0.29, 0.717) is 12.4 Å². The summed E-state index contributed by atoms with van der Waals surface area (Å²) in [4.78, 5) is 0. The molecule has 0 unspecified atom stereocenters. The van der Waals surface area contributed by atoms with Gasteiger partial charge in [0.05, 0.1) is 6.61 Å². The van der Waals surface area contributed by atoms with E-state index in [-0.39, 0.29) is 5.75 Å². The molecule has 0 bridgehead atoms. The smallest absolute Gasteiger partial charge is 0.161 e. The Labute approximate surface area is 77.5 Å². The summed E-state index contributed by atoms with van der Waals surface area (Å²) in [7, 11) is 0. The summed E-state index contributed by atoms with van der Waals surface area (Å²) in [6.45, 7) is 2.49. The minimum atomic E-state index is 0.229. The van der Waals surface area contributed by atoms with E-state index in [1.54, 1.807) is 6.07 Å². The van der Waals surface area contributed by atoms with Gasteiger partial charge in [0.25, 0.3) is 0 Å². The van der Waals surface area contributed by atoms with Crippen molar-refractivity contribution < 1.29 is 9.84 Å². The van der Waals surface area contributed by atoms with Gasteiger partial charge in [0.15, 0.2) is 11.5 Å². The van der Waals surface area contributed by atoms with Crippen LogP contribution >= 0.6 is 0 Å². The zero-order valence-corrected chi connectivity index (χ0v) is 7.58. The molecule has 0 atom stereocenters. The number of hydrogen-bond donors (Lipinski definition) is 1. The highest BCUT2D eigenvalue weighted by atomic mass is 16.5. The van der Waals surface area contributed by atoms with Crippen LogP contribution in [-0.4, -0.2) is 11.7 Å². The van der Waals surface area contributed by atoms with Crippen LogP contribution in [0.2, 0.25) is 0 Å². The van der Waals surface area contributed by atoms with Gasteiger partial charge in [0.2, 0.25) is 0 Å². The topological polar surface area (TPSA) is 29.5 Å². The van der Waals surface area contributed by atoms with Crippen molar-refractivity contribution in [3.05, 3.63) is 29.3 Å². The Morgan fingerprint density at radius 2 is 2.31 bits per heavy atom. The van der Waals surface area contributed by atoms with Crippen LogP contribution in [0.5, 0.6) is 11.5 Å². The van der Waals surface area contributed by atoms with E-state index in [2.05, 4.69) is 6.08 Å². The fraction of sp³-hybridized carbons (Fsp3) is 0.273. The Morgan fingerprint density at radius 1 is 1.46 bits per heavy atom. The van der Waals surface area contributed by atoms with Gasteiger partial charge in [-0.1, -0.05) is 12.2 Å². The lowest BCUT2D eigenvalue weighted by molar-refractivity contribution is 0.318. The van der Waals surface area contributed by atoms with Crippen LogP contribution in [0.3, 0.4) is 0 Å². The molecular weight excluding hydrogens is 164 g/mol. The number of phenols is 1. The summed E-state index contributed by atoms with van der Waals surface area (Å²) in [6, 6.07) is 3.66. The van der Waals surface area contributed by atoms with Crippen molar-refractivity contribution in [1.82, 2.24) is 0 Å². The van der Waals surface area contributed by atoms with E-state index in [1.165, 1.54) is 5.56 Å². The van der Waals surface area contributed by atoms with Crippen molar-refractivity contribution in [1.29, 1.82) is 0 Å². The molecule has 1 aromatic carbocycles. The van der Waals surface area contributed by atoms with Gasteiger partial charge in [0.1, 0.15) is 0 Å². The van der Waals surface area contributed by atoms with Crippen molar-refractivity contribution >= 4 is 6.08 Å². The highest BCUT2D eigenvalue weighted by molar-refractivity contribution is 5.64. The Morgan fingerprint density at radius 3 is 3.08 bits per heavy atom. The molecular formula is C11H12O2. The molecule has 68 valence electrons. The van der Waals surface area contributed by atoms with E-state index in [9.17, 15) is 5.11 Å². The fourth-order valence-corrected chi connectivity index (χ4v) is 1.54. The van der Waals surface area contributed by atoms with Crippen LogP contribution in [0.1, 0.15) is 18.1 Å². The lowest BCUT2D eigenvalue weighted by atomic mass is 10.1. The average molecular weight is 176 g/mol. The molecule has 2 heteroatoms. The number of benzene rings is 1. The van der Waals surface area contributed by atoms with Crippen molar-refractivity contribution in [2.45, 2.75) is 13.3 Å². The molecule has 2 nitrogen and oxygen atoms in total. The number of phenolic OH excluding ortho intramolecular Hbond substituents is 1. The van der Waals surface area contributed by atoms with Crippen molar-refractivity contribution in [3.63, 3.8) is 0 Å². The SMILES string of the molecule is CCOc1cc2c(cc1O)C=CC2. The Balaban J connectivity index is 2.40. The lowest BCUT2D eigenvalue weighted by Crippen LogP contribution is -1.93. The summed E-state index contributed by atoms with van der Waals surface area (Å²) in [5, 5.41) is 9.55. The van der Waals surface area contributed by atoms with Crippen molar-refractivity contribution in [2.75, 3.05) is 6.61 Å². The van der Waals surface area contributed by atoms with Gasteiger partial charge in [-0.05, 0) is 36.6 Å². The van der Waals surface area contributed by atoms with Crippen LogP contribution in [0.25, 0.3) is 6.08 Å². The molecule has 0 saturated heterocycles. The van der Waals surface area contributed by atoms with Gasteiger partial charge in [-0.15, -0.1) is 0 Å². The molecule has 1 aliphatic carbocycles. The summed E-state index contributed by atoms with van der Waals surface area (Å²) in [5.74, 6) is 0.817. The summed E-state index contributed by atoms with van der Waals surface area (Å²) >= 11 is 0. The predicted molar refractivity (Wildman–Crippen MR) is 52.0 cm³/mol. The van der Waals surface area contributed by atoms with Crippen LogP contribution in [0.4, 0.5) is 0 Å². The molecule has 0 heterocycles. The standard InChI is InChI=1S/C11H12O2/c1-2-13-11-7-9-5-3-4-8(9)6-10(11)12/h3-4,6-7,12H,2,5H2,1H3. The Hall–Kier alpha value is -1.44. The molecule has 1 N–H and O–H groups in total. The number of hydrogen-bond acceptors (Lipinski definition) is 2. The van der Waals surface area contributed by atoms with Crippen LogP contribution in [0.15, 0.2) is 18.2 Å². The van der Waals surface area contributed by atoms with Gasteiger partial charge in [0, 0.05) is 0 Å². The minimum Gasteiger partial charge on any atom is -0.504 e. The quantitative estimate of drug-likeness (QED) is 0.749. The van der Waals surface area contributed by atoms with Crippen LogP contribution in [-0.2, 0) is 6.42 Å². The zero-order valence-electron chi connectivity index (χ0n) is 7.58. The first-order valence-electron chi connectivity index (χ1n) is 4.46. The van der Waals surface area contributed by atoms with Gasteiger partial charge >= 0.3 is 0 Å². The molecule has 0 radical (unpaired) electrons. The first-order chi connectivity index (χ1) is 6.31. The molecule has 0 aromatic heterocycles. The first kappa shape index (κ1) is 8.17. The normalized spacial score (nSPS) is 13.0. The minimum absolute atomic E-state index is 0.229. The van der Waals surface area contributed by atoms with E-state index in [4.69, 9.17) is 4.74 Å². The molecule has 13 heavy (non-hydrogen) atoms. The number of rotatable bonds is 2. The maximum absolute atomic E-state index is 9.55. The van der Waals surface area contributed by atoms with Gasteiger partial charge in [-0.2, -0.15) is 0 Å². The second-order valence-electron chi connectivity index (χ2n) is 3.06. The van der Waals surface area contributed by atoms with E-state index in [1.807, 2.05) is 19.1 Å². The van der Waals surface area contributed by atoms with Crippen molar-refractivity contribution in [3.8, 4) is 11.5 Å². The fourth-order valence-electron chi connectivity index (χ4n) is 1.54. The van der Waals surface area contributed by atoms with Crippen LogP contribution in [0, 0.1) is 0 Å². The third-order valence-electron chi connectivity index (χ3n) is 2.16. The summed E-state index contributed by atoms with van der Waals surface area (Å²) in [5.41, 5.74) is 2.32. The second kappa shape index (κ2) is 3.13. The predicted octanol–water partition coefficient (Wildman–Crippen LogP) is 2.36.